The maximum Gasteiger partial charge on any atom is 0.341 e. The number of carbonyl (C=O) groups is 1. The summed E-state index contributed by atoms with van der Waals surface area (Å²) in [5.41, 5.74) is 1.95. The van der Waals surface area contributed by atoms with E-state index in [-0.39, 0.29) is 6.61 Å². The summed E-state index contributed by atoms with van der Waals surface area (Å²) in [6.45, 7) is -0.344. The predicted molar refractivity (Wildman–Crippen MR) is 47.2 cm³/mol. The van der Waals surface area contributed by atoms with Crippen molar-refractivity contribution in [2.75, 3.05) is 6.61 Å². The first kappa shape index (κ1) is 8.93. The van der Waals surface area contributed by atoms with E-state index in [1.54, 1.807) is 0 Å². The van der Waals surface area contributed by atoms with Crippen molar-refractivity contribution >= 4 is 5.97 Å². The molecule has 0 aromatic carbocycles. The summed E-state index contributed by atoms with van der Waals surface area (Å²) < 4.78 is 5.06. The molecular weight excluding hydrogens is 184 g/mol. The normalized spacial score (nSPS) is 13.7. The third-order valence-corrected chi connectivity index (χ3v) is 2.17. The lowest BCUT2D eigenvalue weighted by Crippen LogP contribution is -2.11. The topological polar surface area (TPSA) is 72.3 Å². The summed E-state index contributed by atoms with van der Waals surface area (Å²) in [7, 11) is 0. The van der Waals surface area contributed by atoms with E-state index in [1.807, 2.05) is 0 Å². The van der Waals surface area contributed by atoms with E-state index < -0.39 is 5.97 Å². The number of hydrogen-bond acceptors (Lipinski definition) is 4. The Morgan fingerprint density at radius 2 is 2.36 bits per heavy atom. The molecule has 1 aromatic heterocycles. The second-order valence-electron chi connectivity index (χ2n) is 3.14. The van der Waals surface area contributed by atoms with Gasteiger partial charge in [0.15, 0.2) is 6.61 Å². The Kier molecular flexibility index (Phi) is 2.30. The Balaban J connectivity index is 2.17. The molecule has 1 N–H and O–H groups in total. The van der Waals surface area contributed by atoms with Gasteiger partial charge in [-0.3, -0.25) is 0 Å². The molecule has 2 rings (SSSR count). The molecule has 14 heavy (non-hydrogen) atoms. The molecule has 0 radical (unpaired) electrons. The van der Waals surface area contributed by atoms with E-state index in [0.717, 1.165) is 30.5 Å². The molecule has 5 heteroatoms. The van der Waals surface area contributed by atoms with Gasteiger partial charge >= 0.3 is 5.97 Å². The molecule has 0 unspecified atom stereocenters. The first-order valence-electron chi connectivity index (χ1n) is 4.44. The SMILES string of the molecule is O=C(O)COc1ncnc2c1CCC2. The van der Waals surface area contributed by atoms with Gasteiger partial charge in [0.05, 0.1) is 5.69 Å². The first-order chi connectivity index (χ1) is 6.77. The van der Waals surface area contributed by atoms with Crippen molar-refractivity contribution in [1.82, 2.24) is 9.97 Å². The van der Waals surface area contributed by atoms with Gasteiger partial charge in [-0.25, -0.2) is 14.8 Å². The lowest BCUT2D eigenvalue weighted by atomic mass is 10.2. The average Bonchev–Trinajstić information content (AvgIpc) is 2.62. The van der Waals surface area contributed by atoms with Crippen molar-refractivity contribution in [2.45, 2.75) is 19.3 Å². The highest BCUT2D eigenvalue weighted by Gasteiger charge is 2.18. The summed E-state index contributed by atoms with van der Waals surface area (Å²) >= 11 is 0. The van der Waals surface area contributed by atoms with Gasteiger partial charge in [0.25, 0.3) is 0 Å². The van der Waals surface area contributed by atoms with Crippen LogP contribution in [0.3, 0.4) is 0 Å². The fourth-order valence-corrected chi connectivity index (χ4v) is 1.58. The molecule has 1 heterocycles. The van der Waals surface area contributed by atoms with Crippen LogP contribution in [0.2, 0.25) is 0 Å². The zero-order valence-corrected chi connectivity index (χ0v) is 7.56. The highest BCUT2D eigenvalue weighted by molar-refractivity contribution is 5.68. The minimum Gasteiger partial charge on any atom is -0.479 e. The number of rotatable bonds is 3. The standard InChI is InChI=1S/C9H10N2O3/c12-8(13)4-14-9-6-2-1-3-7(6)10-5-11-9/h5H,1-4H2,(H,12,13). The fourth-order valence-electron chi connectivity index (χ4n) is 1.58. The van der Waals surface area contributed by atoms with Gasteiger partial charge < -0.3 is 9.84 Å². The largest absolute Gasteiger partial charge is 0.479 e. The molecule has 1 aliphatic carbocycles. The third kappa shape index (κ3) is 1.66. The molecular formula is C9H10N2O3. The molecule has 0 spiro atoms. The van der Waals surface area contributed by atoms with E-state index in [4.69, 9.17) is 9.84 Å². The lowest BCUT2D eigenvalue weighted by Gasteiger charge is -2.05. The molecule has 74 valence electrons. The molecule has 1 aromatic rings. The molecule has 0 aliphatic heterocycles. The van der Waals surface area contributed by atoms with E-state index in [2.05, 4.69) is 9.97 Å². The van der Waals surface area contributed by atoms with E-state index in [0.29, 0.717) is 5.88 Å². The van der Waals surface area contributed by atoms with Crippen molar-refractivity contribution < 1.29 is 14.6 Å². The Hall–Kier alpha value is -1.65. The smallest absolute Gasteiger partial charge is 0.341 e. The van der Waals surface area contributed by atoms with Crippen LogP contribution in [0.4, 0.5) is 0 Å². The number of aromatic nitrogens is 2. The van der Waals surface area contributed by atoms with Gasteiger partial charge in [-0.1, -0.05) is 0 Å². The molecule has 0 bridgehead atoms. The van der Waals surface area contributed by atoms with Crippen LogP contribution in [0.15, 0.2) is 6.33 Å². The second kappa shape index (κ2) is 3.61. The van der Waals surface area contributed by atoms with Crippen LogP contribution in [0, 0.1) is 0 Å². The van der Waals surface area contributed by atoms with Crippen LogP contribution in [0.1, 0.15) is 17.7 Å². The van der Waals surface area contributed by atoms with Crippen molar-refractivity contribution in [2.24, 2.45) is 0 Å². The number of carboxylic acid groups (broad SMARTS) is 1. The van der Waals surface area contributed by atoms with E-state index in [1.165, 1.54) is 6.33 Å². The molecule has 1 aliphatic rings. The zero-order chi connectivity index (χ0) is 9.97. The molecule has 5 nitrogen and oxygen atoms in total. The summed E-state index contributed by atoms with van der Waals surface area (Å²) in [5, 5.41) is 8.45. The van der Waals surface area contributed by atoms with E-state index >= 15 is 0 Å². The van der Waals surface area contributed by atoms with Crippen molar-refractivity contribution in [3.8, 4) is 5.88 Å². The van der Waals surface area contributed by atoms with Crippen LogP contribution < -0.4 is 4.74 Å². The highest BCUT2D eigenvalue weighted by atomic mass is 16.5. The van der Waals surface area contributed by atoms with Crippen molar-refractivity contribution in [3.05, 3.63) is 17.6 Å². The van der Waals surface area contributed by atoms with Gasteiger partial charge in [0.2, 0.25) is 5.88 Å². The van der Waals surface area contributed by atoms with Gasteiger partial charge in [-0.15, -0.1) is 0 Å². The maximum absolute atomic E-state index is 10.3. The van der Waals surface area contributed by atoms with Crippen LogP contribution in [-0.2, 0) is 17.6 Å². The minimum atomic E-state index is -0.990. The fraction of sp³-hybridized carbons (Fsp3) is 0.444. The third-order valence-electron chi connectivity index (χ3n) is 2.17. The molecule has 0 saturated carbocycles. The Morgan fingerprint density at radius 3 is 3.14 bits per heavy atom. The molecule has 0 fully saturated rings. The van der Waals surface area contributed by atoms with Gasteiger partial charge in [-0.05, 0) is 19.3 Å². The Labute approximate surface area is 80.8 Å². The van der Waals surface area contributed by atoms with Gasteiger partial charge in [-0.2, -0.15) is 0 Å². The monoisotopic (exact) mass is 194 g/mol. The molecule has 0 saturated heterocycles. The number of nitrogens with zero attached hydrogens (tertiary/aromatic N) is 2. The molecule has 0 amide bonds. The average molecular weight is 194 g/mol. The summed E-state index contributed by atoms with van der Waals surface area (Å²) in [5.74, 6) is -0.565. The first-order valence-corrected chi connectivity index (χ1v) is 4.44. The number of aliphatic carboxylic acids is 1. The van der Waals surface area contributed by atoms with Gasteiger partial charge in [0.1, 0.15) is 6.33 Å². The minimum absolute atomic E-state index is 0.344. The van der Waals surface area contributed by atoms with Crippen LogP contribution >= 0.6 is 0 Å². The predicted octanol–water partition coefficient (Wildman–Crippen LogP) is 0.429. The van der Waals surface area contributed by atoms with Crippen molar-refractivity contribution in [1.29, 1.82) is 0 Å². The number of hydrogen-bond donors (Lipinski definition) is 1. The lowest BCUT2D eigenvalue weighted by molar-refractivity contribution is -0.139. The highest BCUT2D eigenvalue weighted by Crippen LogP contribution is 2.26. The number of carboxylic acids is 1. The van der Waals surface area contributed by atoms with Crippen LogP contribution in [0.5, 0.6) is 5.88 Å². The summed E-state index contributed by atoms with van der Waals surface area (Å²) in [6.07, 6.45) is 4.27. The van der Waals surface area contributed by atoms with Crippen LogP contribution in [0.25, 0.3) is 0 Å². The van der Waals surface area contributed by atoms with Crippen molar-refractivity contribution in [3.63, 3.8) is 0 Å². The second-order valence-corrected chi connectivity index (χ2v) is 3.14. The van der Waals surface area contributed by atoms with Gasteiger partial charge in [0, 0.05) is 5.56 Å². The zero-order valence-electron chi connectivity index (χ0n) is 7.56. The summed E-state index contributed by atoms with van der Waals surface area (Å²) in [6, 6.07) is 0. The van der Waals surface area contributed by atoms with E-state index in [9.17, 15) is 4.79 Å². The Morgan fingerprint density at radius 1 is 1.50 bits per heavy atom. The summed E-state index contributed by atoms with van der Waals surface area (Å²) in [4.78, 5) is 18.3. The van der Waals surface area contributed by atoms with Crippen LogP contribution in [-0.4, -0.2) is 27.7 Å². The quantitative estimate of drug-likeness (QED) is 0.755. The number of ether oxygens (including phenoxy) is 1. The Bertz CT molecular complexity index is 365. The maximum atomic E-state index is 10.3. The number of fused-ring (bicyclic) bond motifs is 1. The molecule has 0 atom stereocenters. The number of aryl methyl sites for hydroxylation is 1.